The Balaban J connectivity index is 1.31. The third-order valence-corrected chi connectivity index (χ3v) is 5.66. The fourth-order valence-corrected chi connectivity index (χ4v) is 3.95. The molecule has 1 atom stereocenters. The Hall–Kier alpha value is -3.29. The van der Waals surface area contributed by atoms with Crippen LogP contribution in [0.15, 0.2) is 83.9 Å². The number of hydrogen-bond donors (Lipinski definition) is 2. The molecule has 1 unspecified atom stereocenters. The molecule has 3 aromatic carbocycles. The fourth-order valence-electron chi connectivity index (χ4n) is 2.84. The van der Waals surface area contributed by atoms with Crippen molar-refractivity contribution < 1.29 is 14.3 Å². The van der Waals surface area contributed by atoms with Gasteiger partial charge in [0.1, 0.15) is 16.7 Å². The summed E-state index contributed by atoms with van der Waals surface area (Å²) < 4.78 is 5.74. The van der Waals surface area contributed by atoms with Crippen LogP contribution in [-0.2, 0) is 9.59 Å². The largest absolute Gasteiger partial charge is 0.457 e. The van der Waals surface area contributed by atoms with Crippen molar-refractivity contribution in [2.45, 2.75) is 11.7 Å². The Bertz CT molecular complexity index is 1100. The smallest absolute Gasteiger partial charge is 0.240 e. The van der Waals surface area contributed by atoms with Crippen LogP contribution in [-0.4, -0.2) is 22.2 Å². The zero-order valence-corrected chi connectivity index (χ0v) is 17.8. The number of carbonyl (C=O) groups is 2. The van der Waals surface area contributed by atoms with Gasteiger partial charge in [-0.1, -0.05) is 41.6 Å². The van der Waals surface area contributed by atoms with Crippen molar-refractivity contribution in [1.82, 2.24) is 5.32 Å². The molecule has 4 rings (SSSR count). The predicted octanol–water partition coefficient (Wildman–Crippen LogP) is 5.38. The summed E-state index contributed by atoms with van der Waals surface area (Å²) in [4.78, 5) is 29.0. The number of ether oxygens (including phenoxy) is 1. The minimum absolute atomic E-state index is 0.0401. The molecular weight excluding hydrogens is 434 g/mol. The topological polar surface area (TPSA) is 79.8 Å². The standard InChI is InChI=1S/C23H18ClN3O3S/c24-15-6-8-17(9-7-15)26-23-27-22(29)20(31-23)14-21(28)25-16-10-12-19(13-11-16)30-18-4-2-1-3-5-18/h1-13,20H,14H2,(H,25,28)(H,26,27,29). The molecule has 1 fully saturated rings. The molecule has 1 aliphatic rings. The average Bonchev–Trinajstić information content (AvgIpc) is 3.10. The van der Waals surface area contributed by atoms with Crippen LogP contribution in [0.4, 0.5) is 11.4 Å². The highest BCUT2D eigenvalue weighted by Crippen LogP contribution is 2.27. The van der Waals surface area contributed by atoms with Crippen LogP contribution in [0.25, 0.3) is 0 Å². The number of hydrogen-bond acceptors (Lipinski definition) is 5. The van der Waals surface area contributed by atoms with Gasteiger partial charge in [-0.15, -0.1) is 0 Å². The van der Waals surface area contributed by atoms with E-state index in [1.54, 1.807) is 48.5 Å². The number of halogens is 1. The third-order valence-electron chi connectivity index (χ3n) is 4.32. The highest BCUT2D eigenvalue weighted by atomic mass is 35.5. The first-order chi connectivity index (χ1) is 15.0. The van der Waals surface area contributed by atoms with E-state index in [1.807, 2.05) is 30.3 Å². The van der Waals surface area contributed by atoms with E-state index in [-0.39, 0.29) is 18.2 Å². The average molecular weight is 452 g/mol. The predicted molar refractivity (Wildman–Crippen MR) is 124 cm³/mol. The molecule has 1 aliphatic heterocycles. The normalized spacial score (nSPS) is 16.7. The van der Waals surface area contributed by atoms with Gasteiger partial charge in [-0.2, -0.15) is 0 Å². The number of amides is 2. The van der Waals surface area contributed by atoms with Crippen LogP contribution in [0.1, 0.15) is 6.42 Å². The molecule has 3 aromatic rings. The number of nitrogens with one attached hydrogen (secondary N) is 2. The van der Waals surface area contributed by atoms with Crippen LogP contribution in [0, 0.1) is 0 Å². The lowest BCUT2D eigenvalue weighted by molar-refractivity contribution is -0.122. The lowest BCUT2D eigenvalue weighted by atomic mass is 10.2. The minimum Gasteiger partial charge on any atom is -0.457 e. The highest BCUT2D eigenvalue weighted by Gasteiger charge is 2.32. The van der Waals surface area contributed by atoms with Crippen LogP contribution < -0.4 is 15.4 Å². The maximum atomic E-state index is 12.4. The first-order valence-electron chi connectivity index (χ1n) is 9.50. The summed E-state index contributed by atoms with van der Waals surface area (Å²) in [5.41, 5.74) is 1.30. The third kappa shape index (κ3) is 5.87. The number of amidine groups is 1. The summed E-state index contributed by atoms with van der Waals surface area (Å²) in [5, 5.41) is 6.06. The quantitative estimate of drug-likeness (QED) is 0.527. The second-order valence-electron chi connectivity index (χ2n) is 6.68. The maximum Gasteiger partial charge on any atom is 0.240 e. The van der Waals surface area contributed by atoms with E-state index in [0.717, 1.165) is 5.75 Å². The summed E-state index contributed by atoms with van der Waals surface area (Å²) in [5.74, 6) is 0.911. The van der Waals surface area contributed by atoms with E-state index in [0.29, 0.717) is 27.3 Å². The van der Waals surface area contributed by atoms with Gasteiger partial charge >= 0.3 is 0 Å². The van der Waals surface area contributed by atoms with Gasteiger partial charge in [0.25, 0.3) is 0 Å². The van der Waals surface area contributed by atoms with Crippen molar-refractivity contribution in [2.24, 2.45) is 4.99 Å². The molecule has 8 heteroatoms. The molecule has 6 nitrogen and oxygen atoms in total. The molecule has 0 aliphatic carbocycles. The van der Waals surface area contributed by atoms with Crippen LogP contribution >= 0.6 is 23.4 Å². The Kier molecular flexibility index (Phi) is 6.54. The molecule has 1 saturated heterocycles. The van der Waals surface area contributed by atoms with Crippen LogP contribution in [0.5, 0.6) is 11.5 Å². The molecule has 2 amide bonds. The fraction of sp³-hybridized carbons (Fsp3) is 0.0870. The molecule has 2 N–H and O–H groups in total. The van der Waals surface area contributed by atoms with Crippen LogP contribution in [0.2, 0.25) is 5.02 Å². The van der Waals surface area contributed by atoms with Gasteiger partial charge in [0.15, 0.2) is 5.17 Å². The number of anilines is 1. The Morgan fingerprint density at radius 3 is 2.39 bits per heavy atom. The van der Waals surface area contributed by atoms with Gasteiger partial charge < -0.3 is 15.4 Å². The van der Waals surface area contributed by atoms with Crippen molar-refractivity contribution in [3.8, 4) is 11.5 Å². The number of aliphatic imine (C=N–C) groups is 1. The van der Waals surface area contributed by atoms with Gasteiger partial charge in [0.2, 0.25) is 11.8 Å². The second kappa shape index (κ2) is 9.68. The van der Waals surface area contributed by atoms with Crippen molar-refractivity contribution in [3.63, 3.8) is 0 Å². The minimum atomic E-state index is -0.535. The lowest BCUT2D eigenvalue weighted by Gasteiger charge is -2.09. The van der Waals surface area contributed by atoms with Crippen molar-refractivity contribution >= 4 is 51.7 Å². The number of thioether (sulfide) groups is 1. The first kappa shape index (κ1) is 21.0. The SMILES string of the molecule is O=C(CC1SC(=Nc2ccc(Cl)cc2)NC1=O)Nc1ccc(Oc2ccccc2)cc1. The summed E-state index contributed by atoms with van der Waals surface area (Å²) in [6, 6.07) is 23.5. The van der Waals surface area contributed by atoms with Crippen molar-refractivity contribution in [3.05, 3.63) is 83.9 Å². The van der Waals surface area contributed by atoms with Crippen LogP contribution in [0.3, 0.4) is 0 Å². The molecule has 0 aromatic heterocycles. The number of carbonyl (C=O) groups excluding carboxylic acids is 2. The van der Waals surface area contributed by atoms with E-state index in [1.165, 1.54) is 11.8 Å². The maximum absolute atomic E-state index is 12.4. The molecule has 1 heterocycles. The Morgan fingerprint density at radius 2 is 1.68 bits per heavy atom. The zero-order valence-electron chi connectivity index (χ0n) is 16.2. The molecule has 0 radical (unpaired) electrons. The van der Waals surface area contributed by atoms with E-state index < -0.39 is 5.25 Å². The van der Waals surface area contributed by atoms with Gasteiger partial charge in [0.05, 0.1) is 5.69 Å². The molecular formula is C23H18ClN3O3S. The summed E-state index contributed by atoms with van der Waals surface area (Å²) in [6.45, 7) is 0. The molecule has 0 saturated carbocycles. The zero-order chi connectivity index (χ0) is 21.6. The Labute approximate surface area is 188 Å². The van der Waals surface area contributed by atoms with Gasteiger partial charge in [-0.3, -0.25) is 9.59 Å². The van der Waals surface area contributed by atoms with E-state index in [9.17, 15) is 9.59 Å². The van der Waals surface area contributed by atoms with E-state index in [2.05, 4.69) is 15.6 Å². The number of benzene rings is 3. The van der Waals surface area contributed by atoms with Gasteiger partial charge in [-0.25, -0.2) is 4.99 Å². The second-order valence-corrected chi connectivity index (χ2v) is 8.31. The van der Waals surface area contributed by atoms with Gasteiger partial charge in [-0.05, 0) is 60.7 Å². The highest BCUT2D eigenvalue weighted by molar-refractivity contribution is 8.15. The van der Waals surface area contributed by atoms with E-state index in [4.69, 9.17) is 16.3 Å². The molecule has 0 bridgehead atoms. The van der Waals surface area contributed by atoms with E-state index >= 15 is 0 Å². The van der Waals surface area contributed by atoms with Crippen molar-refractivity contribution in [2.75, 3.05) is 5.32 Å². The summed E-state index contributed by atoms with van der Waals surface area (Å²) in [6.07, 6.45) is 0.0401. The molecule has 156 valence electrons. The van der Waals surface area contributed by atoms with Crippen molar-refractivity contribution in [1.29, 1.82) is 0 Å². The molecule has 31 heavy (non-hydrogen) atoms. The monoisotopic (exact) mass is 451 g/mol. The number of para-hydroxylation sites is 1. The first-order valence-corrected chi connectivity index (χ1v) is 10.8. The Morgan fingerprint density at radius 1 is 1.00 bits per heavy atom. The van der Waals surface area contributed by atoms with Gasteiger partial charge in [0, 0.05) is 17.1 Å². The summed E-state index contributed by atoms with van der Waals surface area (Å²) >= 11 is 7.10. The molecule has 0 spiro atoms. The summed E-state index contributed by atoms with van der Waals surface area (Å²) in [7, 11) is 0. The number of rotatable bonds is 6. The number of nitrogens with zero attached hydrogens (tertiary/aromatic N) is 1. The lowest BCUT2D eigenvalue weighted by Crippen LogP contribution is -2.28.